The Balaban J connectivity index is 1.67. The second-order valence-corrected chi connectivity index (χ2v) is 11.0. The average Bonchev–Trinajstić information content (AvgIpc) is 3.63. The number of nitrogens with one attached hydrogen (secondary N) is 1. The van der Waals surface area contributed by atoms with Gasteiger partial charge < -0.3 is 9.52 Å². The third-order valence-electron chi connectivity index (χ3n) is 6.20. The second-order valence-electron chi connectivity index (χ2n) is 10.2. The van der Waals surface area contributed by atoms with Crippen LogP contribution in [-0.2, 0) is 0 Å². The molecule has 0 bridgehead atoms. The Kier molecular flexibility index (Phi) is 7.31. The number of anilines is 1. The lowest BCUT2D eigenvalue weighted by molar-refractivity contribution is 0.0691. The molecule has 0 radical (unpaired) electrons. The summed E-state index contributed by atoms with van der Waals surface area (Å²) in [5, 5.41) is 19.1. The van der Waals surface area contributed by atoms with Crippen LogP contribution in [0.25, 0.3) is 22.1 Å². The number of oxazole rings is 1. The monoisotopic (exact) mass is 536 g/mol. The van der Waals surface area contributed by atoms with Gasteiger partial charge in [-0.1, -0.05) is 36.4 Å². The Morgan fingerprint density at radius 3 is 2.49 bits per heavy atom. The average molecular weight is 537 g/mol. The van der Waals surface area contributed by atoms with E-state index in [1.54, 1.807) is 16.5 Å². The lowest BCUT2D eigenvalue weighted by atomic mass is 9.97. The smallest absolute Gasteiger partial charge is 0.278 e. The van der Waals surface area contributed by atoms with E-state index in [0.717, 1.165) is 21.9 Å². The third kappa shape index (κ3) is 5.76. The topological polar surface area (TPSA) is 91.5 Å². The first-order valence-corrected chi connectivity index (χ1v) is 13.3. The summed E-state index contributed by atoms with van der Waals surface area (Å²) in [5.74, 6) is 2.73. The summed E-state index contributed by atoms with van der Waals surface area (Å²) in [6, 6.07) is 20.5. The minimum Gasteiger partial charge on any atom is -0.444 e. The quantitative estimate of drug-likeness (QED) is 0.195. The summed E-state index contributed by atoms with van der Waals surface area (Å²) >= 11 is 1.23. The van der Waals surface area contributed by atoms with Crippen LogP contribution in [-0.4, -0.2) is 32.7 Å². The molecule has 0 spiro atoms. The number of fused-ring (bicyclic) bond motifs is 1. The molecule has 0 fully saturated rings. The van der Waals surface area contributed by atoms with Crippen LogP contribution in [0.5, 0.6) is 0 Å². The zero-order valence-corrected chi connectivity index (χ0v) is 22.6. The number of aliphatic hydroxyl groups excluding tert-OH is 1. The highest BCUT2D eigenvalue weighted by Crippen LogP contribution is 2.35. The van der Waals surface area contributed by atoms with Gasteiger partial charge in [0.05, 0.1) is 6.20 Å². The highest BCUT2D eigenvalue weighted by Gasteiger charge is 2.36. The van der Waals surface area contributed by atoms with Crippen molar-refractivity contribution in [3.63, 3.8) is 0 Å². The first-order valence-electron chi connectivity index (χ1n) is 12.4. The molecular weight excluding hydrogens is 508 g/mol. The first-order chi connectivity index (χ1) is 18.7. The van der Waals surface area contributed by atoms with Gasteiger partial charge in [0.25, 0.3) is 5.91 Å². The van der Waals surface area contributed by atoms with Crippen LogP contribution in [0.15, 0.2) is 89.1 Å². The Hall–Kier alpha value is -4.29. The molecule has 5 aromatic rings. The van der Waals surface area contributed by atoms with Gasteiger partial charge in [0, 0.05) is 22.2 Å². The molecule has 7 nitrogen and oxygen atoms in total. The number of terminal acetylenes is 1. The van der Waals surface area contributed by atoms with Gasteiger partial charge in [-0.05, 0) is 73.4 Å². The number of carbonyl (C=O) groups excluding carboxylic acids is 1. The lowest BCUT2D eigenvalue weighted by Crippen LogP contribution is -2.52. The number of hydrogen-bond donors (Lipinski definition) is 2. The molecular formula is C31H28N4O3S. The highest BCUT2D eigenvalue weighted by atomic mass is 32.1. The molecule has 2 aromatic heterocycles. The zero-order chi connectivity index (χ0) is 27.6. The van der Waals surface area contributed by atoms with Crippen LogP contribution in [0, 0.1) is 12.3 Å². The van der Waals surface area contributed by atoms with Crippen molar-refractivity contribution in [3.05, 3.63) is 101 Å². The van der Waals surface area contributed by atoms with Gasteiger partial charge >= 0.3 is 0 Å². The maximum Gasteiger partial charge on any atom is 0.278 e. The standard InChI is InChI=1S/C31H28N4O3S/c1-5-27-33-25(18-39-27)30(37)35(24-14-12-21(13-15-24)26-17-32-19-38-26)28(29(36)34-31(2,3)4)23-11-10-20-8-6-7-9-22(20)16-23/h1,6-19,28-29,34,36H,2-4H3. The Labute approximate surface area is 231 Å². The summed E-state index contributed by atoms with van der Waals surface area (Å²) in [6.45, 7) is 5.89. The minimum atomic E-state index is -1.12. The van der Waals surface area contributed by atoms with E-state index >= 15 is 0 Å². The molecule has 3 aromatic carbocycles. The first kappa shape index (κ1) is 26.3. The van der Waals surface area contributed by atoms with Crippen LogP contribution >= 0.6 is 11.3 Å². The minimum absolute atomic E-state index is 0.209. The van der Waals surface area contributed by atoms with Gasteiger partial charge in [0.2, 0.25) is 0 Å². The van der Waals surface area contributed by atoms with E-state index in [1.165, 1.54) is 17.7 Å². The number of carbonyl (C=O) groups is 1. The summed E-state index contributed by atoms with van der Waals surface area (Å²) < 4.78 is 5.43. The predicted octanol–water partition coefficient (Wildman–Crippen LogP) is 6.03. The molecule has 1 amide bonds. The Morgan fingerprint density at radius 1 is 1.10 bits per heavy atom. The van der Waals surface area contributed by atoms with Crippen molar-refractivity contribution < 1.29 is 14.3 Å². The summed E-state index contributed by atoms with van der Waals surface area (Å²) in [5.41, 5.74) is 1.92. The highest BCUT2D eigenvalue weighted by molar-refractivity contribution is 7.10. The number of benzene rings is 3. The number of rotatable bonds is 7. The molecule has 8 heteroatoms. The van der Waals surface area contributed by atoms with E-state index in [9.17, 15) is 9.90 Å². The van der Waals surface area contributed by atoms with E-state index in [1.807, 2.05) is 87.5 Å². The number of aromatic nitrogens is 2. The molecule has 0 aliphatic carbocycles. The van der Waals surface area contributed by atoms with Crippen LogP contribution in [0.4, 0.5) is 5.69 Å². The van der Waals surface area contributed by atoms with E-state index in [4.69, 9.17) is 10.8 Å². The Bertz CT molecular complexity index is 1630. The van der Waals surface area contributed by atoms with E-state index in [0.29, 0.717) is 16.5 Å². The van der Waals surface area contributed by atoms with Gasteiger partial charge in [-0.2, -0.15) is 0 Å². The van der Waals surface area contributed by atoms with Crippen molar-refractivity contribution in [2.45, 2.75) is 38.6 Å². The number of thiazole rings is 1. The summed E-state index contributed by atoms with van der Waals surface area (Å²) in [7, 11) is 0. The van der Waals surface area contributed by atoms with Crippen LogP contribution in [0.2, 0.25) is 0 Å². The number of nitrogens with zero attached hydrogens (tertiary/aromatic N) is 3. The van der Waals surface area contributed by atoms with Crippen molar-refractivity contribution in [3.8, 4) is 23.7 Å². The summed E-state index contributed by atoms with van der Waals surface area (Å²) in [6.07, 6.45) is 7.43. The molecule has 2 heterocycles. The normalized spacial score (nSPS) is 13.1. The maximum absolute atomic E-state index is 14.2. The zero-order valence-electron chi connectivity index (χ0n) is 21.8. The van der Waals surface area contributed by atoms with Crippen molar-refractivity contribution in [1.82, 2.24) is 15.3 Å². The van der Waals surface area contributed by atoms with Crippen molar-refractivity contribution >= 4 is 33.7 Å². The van der Waals surface area contributed by atoms with Crippen molar-refractivity contribution in [2.75, 3.05) is 4.90 Å². The Morgan fingerprint density at radius 2 is 1.85 bits per heavy atom. The predicted molar refractivity (Wildman–Crippen MR) is 154 cm³/mol. The lowest BCUT2D eigenvalue weighted by Gasteiger charge is -2.38. The molecule has 0 saturated heterocycles. The SMILES string of the molecule is C#Cc1nc(C(=O)N(c2ccc(-c3cnco3)cc2)C(c2ccc3ccccc3c2)C(O)NC(C)(C)C)cs1. The number of amides is 1. The van der Waals surface area contributed by atoms with E-state index in [-0.39, 0.29) is 11.6 Å². The molecule has 0 aliphatic heterocycles. The second kappa shape index (κ2) is 10.8. The number of aliphatic hydroxyl groups is 1. The largest absolute Gasteiger partial charge is 0.444 e. The fourth-order valence-corrected chi connectivity index (χ4v) is 5.09. The van der Waals surface area contributed by atoms with Gasteiger partial charge in [-0.25, -0.2) is 9.97 Å². The fraction of sp³-hybridized carbons (Fsp3) is 0.194. The van der Waals surface area contributed by atoms with Crippen molar-refractivity contribution in [1.29, 1.82) is 0 Å². The molecule has 2 atom stereocenters. The summed E-state index contributed by atoms with van der Waals surface area (Å²) in [4.78, 5) is 24.1. The molecule has 196 valence electrons. The molecule has 5 rings (SSSR count). The van der Waals surface area contributed by atoms with Gasteiger partial charge in [0.1, 0.15) is 18.0 Å². The number of hydrogen-bond acceptors (Lipinski definition) is 7. The molecule has 0 saturated carbocycles. The third-order valence-corrected chi connectivity index (χ3v) is 6.97. The van der Waals surface area contributed by atoms with Crippen LogP contribution < -0.4 is 10.2 Å². The molecule has 0 aliphatic rings. The fourth-order valence-electron chi connectivity index (χ4n) is 4.50. The van der Waals surface area contributed by atoms with Crippen molar-refractivity contribution in [2.24, 2.45) is 0 Å². The van der Waals surface area contributed by atoms with Gasteiger partial charge in [-0.3, -0.25) is 15.0 Å². The van der Waals surface area contributed by atoms with Gasteiger partial charge in [0.15, 0.2) is 17.2 Å². The van der Waals surface area contributed by atoms with E-state index < -0.39 is 17.8 Å². The maximum atomic E-state index is 14.2. The molecule has 2 N–H and O–H groups in total. The molecule has 2 unspecified atom stereocenters. The molecule has 39 heavy (non-hydrogen) atoms. The van der Waals surface area contributed by atoms with E-state index in [2.05, 4.69) is 21.2 Å². The van der Waals surface area contributed by atoms with Crippen LogP contribution in [0.3, 0.4) is 0 Å². The van der Waals surface area contributed by atoms with Gasteiger partial charge in [-0.15, -0.1) is 17.8 Å². The van der Waals surface area contributed by atoms with Crippen LogP contribution in [0.1, 0.15) is 47.9 Å².